The fourth-order valence-electron chi connectivity index (χ4n) is 2.75. The molecule has 29 heavy (non-hydrogen) atoms. The predicted octanol–water partition coefficient (Wildman–Crippen LogP) is 3.36. The second kappa shape index (κ2) is 9.45. The minimum absolute atomic E-state index is 0.175. The summed E-state index contributed by atoms with van der Waals surface area (Å²) in [5.74, 6) is 1.62. The number of nitrogens with one attached hydrogen (secondary N) is 2. The normalized spacial score (nSPS) is 10.3. The topological polar surface area (TPSA) is 89.8 Å². The highest BCUT2D eigenvalue weighted by atomic mass is 16.5. The summed E-state index contributed by atoms with van der Waals surface area (Å²) < 4.78 is 16.1. The SMILES string of the molecule is COc1ccc(C(=O)NNC(=O)CCc2ccc(-c3ccccc3)o2)cc1OC. The van der Waals surface area contributed by atoms with Crippen LogP contribution in [-0.4, -0.2) is 26.0 Å². The zero-order valence-corrected chi connectivity index (χ0v) is 16.2. The molecule has 3 aromatic rings. The first-order valence-electron chi connectivity index (χ1n) is 9.06. The lowest BCUT2D eigenvalue weighted by Gasteiger charge is -2.10. The van der Waals surface area contributed by atoms with Crippen molar-refractivity contribution in [1.29, 1.82) is 0 Å². The monoisotopic (exact) mass is 394 g/mol. The van der Waals surface area contributed by atoms with Gasteiger partial charge in [-0.2, -0.15) is 0 Å². The third-order valence-corrected chi connectivity index (χ3v) is 4.28. The van der Waals surface area contributed by atoms with Crippen LogP contribution in [0.15, 0.2) is 65.1 Å². The Labute approximate surface area is 168 Å². The number of carbonyl (C=O) groups is 2. The molecule has 0 aliphatic heterocycles. The predicted molar refractivity (Wildman–Crippen MR) is 108 cm³/mol. The summed E-state index contributed by atoms with van der Waals surface area (Å²) in [6.07, 6.45) is 0.596. The second-order valence-corrected chi connectivity index (χ2v) is 6.20. The molecule has 0 spiro atoms. The van der Waals surface area contributed by atoms with Crippen LogP contribution in [-0.2, 0) is 11.2 Å². The van der Waals surface area contributed by atoms with Crippen LogP contribution in [0.25, 0.3) is 11.3 Å². The van der Waals surface area contributed by atoms with Crippen molar-refractivity contribution < 1.29 is 23.5 Å². The van der Waals surface area contributed by atoms with Gasteiger partial charge in [-0.15, -0.1) is 0 Å². The van der Waals surface area contributed by atoms with Crippen LogP contribution in [0, 0.1) is 0 Å². The van der Waals surface area contributed by atoms with E-state index in [1.807, 2.05) is 42.5 Å². The average Bonchev–Trinajstić information content (AvgIpc) is 3.25. The van der Waals surface area contributed by atoms with E-state index in [2.05, 4.69) is 10.9 Å². The molecule has 150 valence electrons. The molecule has 0 bridgehead atoms. The number of hydrazine groups is 1. The van der Waals surface area contributed by atoms with Crippen molar-refractivity contribution in [2.75, 3.05) is 14.2 Å². The molecule has 0 aliphatic rings. The number of ether oxygens (including phenoxy) is 2. The Morgan fingerprint density at radius 3 is 2.38 bits per heavy atom. The van der Waals surface area contributed by atoms with E-state index in [0.717, 1.165) is 11.3 Å². The summed E-state index contributed by atoms with van der Waals surface area (Å²) in [6.45, 7) is 0. The van der Waals surface area contributed by atoms with Gasteiger partial charge in [0, 0.05) is 24.0 Å². The van der Waals surface area contributed by atoms with Gasteiger partial charge in [0.1, 0.15) is 11.5 Å². The van der Waals surface area contributed by atoms with Gasteiger partial charge < -0.3 is 13.9 Å². The number of methoxy groups -OCH3 is 2. The van der Waals surface area contributed by atoms with Crippen molar-refractivity contribution in [3.8, 4) is 22.8 Å². The van der Waals surface area contributed by atoms with Crippen LogP contribution < -0.4 is 20.3 Å². The number of hydrogen-bond donors (Lipinski definition) is 2. The second-order valence-electron chi connectivity index (χ2n) is 6.20. The quantitative estimate of drug-likeness (QED) is 0.600. The van der Waals surface area contributed by atoms with Gasteiger partial charge in [0.15, 0.2) is 11.5 Å². The van der Waals surface area contributed by atoms with E-state index in [-0.39, 0.29) is 12.3 Å². The lowest BCUT2D eigenvalue weighted by molar-refractivity contribution is -0.121. The third-order valence-electron chi connectivity index (χ3n) is 4.28. The summed E-state index contributed by atoms with van der Waals surface area (Å²) in [5, 5.41) is 0. The maximum Gasteiger partial charge on any atom is 0.269 e. The van der Waals surface area contributed by atoms with Gasteiger partial charge in [0.05, 0.1) is 14.2 Å². The standard InChI is InChI=1S/C22H22N2O5/c1-27-19-11-8-16(14-20(19)28-2)22(26)24-23-21(25)13-10-17-9-12-18(29-17)15-6-4-3-5-7-15/h3-9,11-12,14H,10,13H2,1-2H3,(H,23,25)(H,24,26). The molecule has 0 atom stereocenters. The van der Waals surface area contributed by atoms with Crippen molar-refractivity contribution in [2.45, 2.75) is 12.8 Å². The van der Waals surface area contributed by atoms with Crippen molar-refractivity contribution in [1.82, 2.24) is 10.9 Å². The first-order chi connectivity index (χ1) is 14.1. The molecular formula is C22H22N2O5. The molecule has 0 aliphatic carbocycles. The molecule has 7 heteroatoms. The molecule has 2 amide bonds. The van der Waals surface area contributed by atoms with E-state index < -0.39 is 5.91 Å². The van der Waals surface area contributed by atoms with E-state index in [0.29, 0.717) is 29.2 Å². The Kier molecular flexibility index (Phi) is 6.52. The molecule has 0 saturated carbocycles. The first kappa shape index (κ1) is 20.0. The fraction of sp³-hybridized carbons (Fsp3) is 0.182. The van der Waals surface area contributed by atoms with Crippen molar-refractivity contribution in [2.24, 2.45) is 0 Å². The number of rotatable bonds is 7. The molecule has 2 aromatic carbocycles. The van der Waals surface area contributed by atoms with Crippen molar-refractivity contribution in [3.05, 3.63) is 72.0 Å². The van der Waals surface area contributed by atoms with Gasteiger partial charge in [-0.05, 0) is 30.3 Å². The van der Waals surface area contributed by atoms with Crippen LogP contribution in [0.4, 0.5) is 0 Å². The van der Waals surface area contributed by atoms with Crippen molar-refractivity contribution in [3.63, 3.8) is 0 Å². The Morgan fingerprint density at radius 2 is 1.66 bits per heavy atom. The summed E-state index contributed by atoms with van der Waals surface area (Å²) in [7, 11) is 3.00. The van der Waals surface area contributed by atoms with E-state index in [9.17, 15) is 9.59 Å². The van der Waals surface area contributed by atoms with Crippen LogP contribution in [0.5, 0.6) is 11.5 Å². The number of furan rings is 1. The Balaban J connectivity index is 1.49. The summed E-state index contributed by atoms with van der Waals surface area (Å²) in [5.41, 5.74) is 6.10. The van der Waals surface area contributed by atoms with Crippen LogP contribution in [0.1, 0.15) is 22.5 Å². The van der Waals surface area contributed by atoms with Gasteiger partial charge in [-0.25, -0.2) is 0 Å². The van der Waals surface area contributed by atoms with Crippen LogP contribution >= 0.6 is 0 Å². The largest absolute Gasteiger partial charge is 0.493 e. The smallest absolute Gasteiger partial charge is 0.269 e. The van der Waals surface area contributed by atoms with E-state index >= 15 is 0 Å². The maximum atomic E-state index is 12.2. The summed E-state index contributed by atoms with van der Waals surface area (Å²) in [6, 6.07) is 18.2. The summed E-state index contributed by atoms with van der Waals surface area (Å²) in [4.78, 5) is 24.3. The van der Waals surface area contributed by atoms with Gasteiger partial charge in [-0.1, -0.05) is 30.3 Å². The molecule has 1 aromatic heterocycles. The Bertz CT molecular complexity index is 982. The van der Waals surface area contributed by atoms with Gasteiger partial charge >= 0.3 is 0 Å². The van der Waals surface area contributed by atoms with Crippen LogP contribution in [0.2, 0.25) is 0 Å². The van der Waals surface area contributed by atoms with Crippen molar-refractivity contribution >= 4 is 11.8 Å². The molecule has 1 heterocycles. The Hall–Kier alpha value is -3.74. The highest BCUT2D eigenvalue weighted by molar-refractivity contribution is 5.96. The summed E-state index contributed by atoms with van der Waals surface area (Å²) >= 11 is 0. The molecule has 7 nitrogen and oxygen atoms in total. The fourth-order valence-corrected chi connectivity index (χ4v) is 2.75. The first-order valence-corrected chi connectivity index (χ1v) is 9.06. The third kappa shape index (κ3) is 5.16. The van der Waals surface area contributed by atoms with Gasteiger partial charge in [0.2, 0.25) is 5.91 Å². The van der Waals surface area contributed by atoms with E-state index in [1.165, 1.54) is 20.3 Å². The highest BCUT2D eigenvalue weighted by Crippen LogP contribution is 2.27. The number of hydrogen-bond acceptors (Lipinski definition) is 5. The van der Waals surface area contributed by atoms with E-state index in [4.69, 9.17) is 13.9 Å². The molecule has 0 radical (unpaired) electrons. The minimum Gasteiger partial charge on any atom is -0.493 e. The maximum absolute atomic E-state index is 12.2. The number of amides is 2. The minimum atomic E-state index is -0.455. The zero-order chi connectivity index (χ0) is 20.6. The van der Waals surface area contributed by atoms with Crippen LogP contribution in [0.3, 0.4) is 0 Å². The lowest BCUT2D eigenvalue weighted by atomic mass is 10.2. The highest BCUT2D eigenvalue weighted by Gasteiger charge is 2.12. The molecule has 0 fully saturated rings. The van der Waals surface area contributed by atoms with Gasteiger partial charge in [-0.3, -0.25) is 20.4 Å². The molecule has 0 saturated heterocycles. The molecule has 2 N–H and O–H groups in total. The Morgan fingerprint density at radius 1 is 0.897 bits per heavy atom. The van der Waals surface area contributed by atoms with Gasteiger partial charge in [0.25, 0.3) is 5.91 Å². The number of aryl methyl sites for hydroxylation is 1. The lowest BCUT2D eigenvalue weighted by Crippen LogP contribution is -2.41. The molecular weight excluding hydrogens is 372 g/mol. The van der Waals surface area contributed by atoms with E-state index in [1.54, 1.807) is 12.1 Å². The average molecular weight is 394 g/mol. The molecule has 3 rings (SSSR count). The number of benzene rings is 2. The molecule has 0 unspecified atom stereocenters. The zero-order valence-electron chi connectivity index (χ0n) is 16.2. The number of carbonyl (C=O) groups excluding carboxylic acids is 2.